The Morgan fingerprint density at radius 2 is 0.944 bits per heavy atom. The number of aliphatic hydroxyl groups is 6. The highest BCUT2D eigenvalue weighted by molar-refractivity contribution is 5.97. The molecule has 9 heterocycles. The van der Waals surface area contributed by atoms with Crippen LogP contribution in [0.3, 0.4) is 0 Å². The van der Waals surface area contributed by atoms with Crippen LogP contribution in [-0.2, 0) is 27.1 Å². The zero-order valence-corrected chi connectivity index (χ0v) is 39.2. The molecule has 6 aromatic heterocycles. The maximum Gasteiger partial charge on any atom is 0.161 e. The number of rotatable bonds is 12. The van der Waals surface area contributed by atoms with E-state index >= 15 is 0 Å². The van der Waals surface area contributed by atoms with Gasteiger partial charge in [0.05, 0.1) is 54.3 Å². The predicted octanol–water partition coefficient (Wildman–Crippen LogP) is 3.56. The SMILES string of the molecule is C=Cc1cn([C@@H]2O[C@H](CO)C[C@H]2O)c2ncnc(N)c12.Nc1ncnc2c1c(/C=C/c1ccccc1)cn2[C@@H]1O[C@H](CO)C[C@H]1O.Nc1ncnc2c1c(CCc1ccccc1)cn2[C@@H]1O[C@H](CO)C[C@H]1O. The van der Waals surface area contributed by atoms with Gasteiger partial charge in [0.15, 0.2) is 18.7 Å². The molecule has 8 aromatic rings. The third kappa shape index (κ3) is 10.3. The molecule has 3 aliphatic rings. The molecule has 0 spiro atoms. The standard InChI is InChI=1S/C19H22N4O3.C19H20N4O3.C13H16N4O3/c2*20-17-16-13(7-6-12-4-2-1-3-5-12)9-23(18(16)22-11-21-17)19-15(25)8-14(10-24)26-19;1-2-7-4-17(12-10(7)11(14)15-6-16-12)13-9(19)3-8(5-18)20-13/h1-5,9,11,14-15,19,24-25H,6-8,10H2,(H2,20,21,22);1-7,9,11,14-15,19,24-25H,8,10H2,(H2,20,21,22);2,4,6,8-9,13,18-19H,1,3,5H2,(H2,14,15,16)/b;7-6+;/t2*14-,15+,19+;8-,9+,13+/m000/s1. The van der Waals surface area contributed by atoms with Crippen molar-refractivity contribution < 1.29 is 44.8 Å². The summed E-state index contributed by atoms with van der Waals surface area (Å²) in [6, 6.07) is 20.1. The van der Waals surface area contributed by atoms with E-state index in [4.69, 9.17) is 36.5 Å². The molecule has 21 nitrogen and oxygen atoms in total. The monoisotopic (exact) mass is 982 g/mol. The van der Waals surface area contributed by atoms with Crippen LogP contribution in [0.5, 0.6) is 0 Å². The summed E-state index contributed by atoms with van der Waals surface area (Å²) in [7, 11) is 0. The van der Waals surface area contributed by atoms with E-state index in [1.807, 2.05) is 77.6 Å². The van der Waals surface area contributed by atoms with Crippen molar-refractivity contribution in [3.8, 4) is 0 Å². The number of nitrogen functional groups attached to an aromatic ring is 3. The number of anilines is 3. The molecule has 0 radical (unpaired) electrons. The summed E-state index contributed by atoms with van der Waals surface area (Å²) in [4.78, 5) is 25.1. The van der Waals surface area contributed by atoms with Crippen LogP contribution in [-0.4, -0.2) is 131 Å². The third-order valence-corrected chi connectivity index (χ3v) is 13.0. The minimum absolute atomic E-state index is 0.120. The first kappa shape index (κ1) is 49.8. The molecule has 3 aliphatic heterocycles. The van der Waals surface area contributed by atoms with Crippen LogP contribution in [0.15, 0.2) is 105 Å². The predicted molar refractivity (Wildman–Crippen MR) is 270 cm³/mol. The Balaban J connectivity index is 0.000000135. The van der Waals surface area contributed by atoms with Gasteiger partial charge in [-0.3, -0.25) is 0 Å². The number of nitrogens with two attached hydrogens (primary N) is 3. The summed E-state index contributed by atoms with van der Waals surface area (Å²) in [6.45, 7) is 3.36. The van der Waals surface area contributed by atoms with E-state index in [-0.39, 0.29) is 32.0 Å². The molecule has 3 fully saturated rings. The van der Waals surface area contributed by atoms with Crippen molar-refractivity contribution in [1.29, 1.82) is 0 Å². The lowest BCUT2D eigenvalue weighted by Crippen LogP contribution is -2.19. The van der Waals surface area contributed by atoms with E-state index in [1.165, 1.54) is 24.5 Å². The molecule has 0 saturated carbocycles. The zero-order chi connectivity index (χ0) is 50.5. The topological polar surface area (TPSA) is 319 Å². The van der Waals surface area contributed by atoms with Gasteiger partial charge in [-0.2, -0.15) is 0 Å². The summed E-state index contributed by atoms with van der Waals surface area (Å²) < 4.78 is 22.5. The third-order valence-electron chi connectivity index (χ3n) is 13.0. The Kier molecular flexibility index (Phi) is 15.3. The van der Waals surface area contributed by atoms with E-state index in [9.17, 15) is 25.5 Å². The summed E-state index contributed by atoms with van der Waals surface area (Å²) in [6.07, 6.45) is 13.0. The Hall–Kier alpha value is -7.18. The van der Waals surface area contributed by atoms with E-state index in [0.29, 0.717) is 64.4 Å². The number of aryl methyl sites for hydroxylation is 2. The van der Waals surface area contributed by atoms with Crippen LogP contribution in [0.1, 0.15) is 65.8 Å². The van der Waals surface area contributed by atoms with Gasteiger partial charge in [0.25, 0.3) is 0 Å². The van der Waals surface area contributed by atoms with E-state index in [2.05, 4.69) is 48.6 Å². The fourth-order valence-corrected chi connectivity index (χ4v) is 9.48. The minimum atomic E-state index is -0.732. The molecular formula is C51H58N12O9. The van der Waals surface area contributed by atoms with Crippen LogP contribution >= 0.6 is 0 Å². The molecule has 9 atom stereocenters. The molecule has 72 heavy (non-hydrogen) atoms. The summed E-state index contributed by atoms with van der Waals surface area (Å²) >= 11 is 0. The van der Waals surface area contributed by atoms with Crippen molar-refractivity contribution in [2.75, 3.05) is 37.0 Å². The lowest BCUT2D eigenvalue weighted by Gasteiger charge is -2.17. The highest BCUT2D eigenvalue weighted by Crippen LogP contribution is 2.38. The minimum Gasteiger partial charge on any atom is -0.394 e. The van der Waals surface area contributed by atoms with Crippen molar-refractivity contribution >= 4 is 68.8 Å². The second-order valence-corrected chi connectivity index (χ2v) is 17.8. The van der Waals surface area contributed by atoms with Crippen molar-refractivity contribution in [2.24, 2.45) is 0 Å². The van der Waals surface area contributed by atoms with Gasteiger partial charge in [-0.05, 0) is 29.5 Å². The Morgan fingerprint density at radius 3 is 1.40 bits per heavy atom. The second kappa shape index (κ2) is 22.1. The van der Waals surface area contributed by atoms with Gasteiger partial charge < -0.3 is 75.8 Å². The first-order valence-corrected chi connectivity index (χ1v) is 23.5. The molecule has 3 saturated heterocycles. The van der Waals surface area contributed by atoms with E-state index in [0.717, 1.165) is 40.5 Å². The number of hydrogen-bond donors (Lipinski definition) is 9. The van der Waals surface area contributed by atoms with Gasteiger partial charge in [0.1, 0.15) is 71.7 Å². The lowest BCUT2D eigenvalue weighted by atomic mass is 10.0. The van der Waals surface area contributed by atoms with Crippen LogP contribution in [0.2, 0.25) is 0 Å². The first-order valence-electron chi connectivity index (χ1n) is 23.5. The van der Waals surface area contributed by atoms with Crippen LogP contribution in [0.4, 0.5) is 17.5 Å². The maximum absolute atomic E-state index is 10.4. The highest BCUT2D eigenvalue weighted by Gasteiger charge is 2.38. The molecule has 21 heteroatoms. The Bertz CT molecular complexity index is 3150. The number of aliphatic hydroxyl groups excluding tert-OH is 6. The van der Waals surface area contributed by atoms with E-state index in [1.54, 1.807) is 21.4 Å². The molecule has 0 unspecified atom stereocenters. The number of ether oxygens (including phenoxy) is 3. The number of nitrogens with zero attached hydrogens (tertiary/aromatic N) is 9. The van der Waals surface area contributed by atoms with E-state index < -0.39 is 43.1 Å². The second-order valence-electron chi connectivity index (χ2n) is 17.8. The van der Waals surface area contributed by atoms with Gasteiger partial charge in [0, 0.05) is 49.0 Å². The first-order chi connectivity index (χ1) is 35.0. The fraction of sp³-hybridized carbons (Fsp3) is 0.333. The summed E-state index contributed by atoms with van der Waals surface area (Å²) in [5.41, 5.74) is 24.8. The van der Waals surface area contributed by atoms with Crippen molar-refractivity contribution in [2.45, 2.75) is 87.4 Å². The van der Waals surface area contributed by atoms with Crippen molar-refractivity contribution in [3.63, 3.8) is 0 Å². The van der Waals surface area contributed by atoms with Crippen molar-refractivity contribution in [3.05, 3.63) is 133 Å². The van der Waals surface area contributed by atoms with Gasteiger partial charge in [-0.25, -0.2) is 29.9 Å². The Labute approximate surface area is 413 Å². The molecule has 0 aliphatic carbocycles. The maximum atomic E-state index is 10.4. The van der Waals surface area contributed by atoms with Gasteiger partial charge >= 0.3 is 0 Å². The van der Waals surface area contributed by atoms with Gasteiger partial charge in [-0.15, -0.1) is 0 Å². The highest BCUT2D eigenvalue weighted by atomic mass is 16.6. The molecule has 12 N–H and O–H groups in total. The average molecular weight is 983 g/mol. The average Bonchev–Trinajstić information content (AvgIpc) is 4.27. The molecule has 376 valence electrons. The number of hydrogen-bond acceptors (Lipinski definition) is 18. The van der Waals surface area contributed by atoms with Gasteiger partial charge in [-0.1, -0.05) is 85.5 Å². The normalized spacial score (nSPS) is 23.9. The quantitative estimate of drug-likeness (QED) is 0.0845. The number of benzene rings is 2. The van der Waals surface area contributed by atoms with Crippen molar-refractivity contribution in [1.82, 2.24) is 43.6 Å². The molecule has 11 rings (SSSR count). The van der Waals surface area contributed by atoms with Crippen LogP contribution < -0.4 is 17.2 Å². The summed E-state index contributed by atoms with van der Waals surface area (Å²) in [5.74, 6) is 1.14. The largest absolute Gasteiger partial charge is 0.394 e. The number of aromatic nitrogens is 9. The zero-order valence-electron chi connectivity index (χ0n) is 39.2. The molecule has 0 amide bonds. The molecule has 0 bridgehead atoms. The molecule has 2 aromatic carbocycles. The Morgan fingerprint density at radius 1 is 0.528 bits per heavy atom. The molecular weight excluding hydrogens is 925 g/mol. The summed E-state index contributed by atoms with van der Waals surface area (Å²) in [5, 5.41) is 60.8. The van der Waals surface area contributed by atoms with Gasteiger partial charge in [0.2, 0.25) is 0 Å². The van der Waals surface area contributed by atoms with Crippen LogP contribution in [0.25, 0.3) is 51.3 Å². The lowest BCUT2D eigenvalue weighted by molar-refractivity contribution is -0.0484. The smallest absolute Gasteiger partial charge is 0.161 e. The van der Waals surface area contributed by atoms with Crippen LogP contribution in [0, 0.1) is 0 Å². The fourth-order valence-electron chi connectivity index (χ4n) is 9.48. The number of fused-ring (bicyclic) bond motifs is 3.